The van der Waals surface area contributed by atoms with Crippen molar-refractivity contribution in [3.63, 3.8) is 0 Å². The van der Waals surface area contributed by atoms with Crippen molar-refractivity contribution < 1.29 is 14.3 Å². The molecule has 0 bridgehead atoms. The van der Waals surface area contributed by atoms with Crippen molar-refractivity contribution in [3.05, 3.63) is 41.6 Å². The number of rotatable bonds is 5. The van der Waals surface area contributed by atoms with Crippen LogP contribution in [0.2, 0.25) is 0 Å². The number of urea groups is 1. The number of nitrogens with one attached hydrogen (secondary N) is 2. The summed E-state index contributed by atoms with van der Waals surface area (Å²) in [6.07, 6.45) is 8.17. The van der Waals surface area contributed by atoms with Crippen LogP contribution in [0.1, 0.15) is 48.7 Å². The van der Waals surface area contributed by atoms with Crippen LogP contribution in [-0.4, -0.2) is 40.8 Å². The number of aryl methyl sites for hydroxylation is 1. The van der Waals surface area contributed by atoms with Crippen LogP contribution in [0.15, 0.2) is 29.0 Å². The second kappa shape index (κ2) is 8.60. The number of anilines is 1. The van der Waals surface area contributed by atoms with Gasteiger partial charge in [-0.3, -0.25) is 0 Å². The third-order valence-corrected chi connectivity index (χ3v) is 5.63. The number of nitrogens with zero attached hydrogens (tertiary/aromatic N) is 3. The number of hydrogen-bond donors (Lipinski definition) is 3. The van der Waals surface area contributed by atoms with Gasteiger partial charge in [-0.25, -0.2) is 14.8 Å². The van der Waals surface area contributed by atoms with E-state index in [0.717, 1.165) is 68.2 Å². The number of furan rings is 1. The maximum Gasteiger partial charge on any atom is 0.315 e. The van der Waals surface area contributed by atoms with Gasteiger partial charge in [-0.2, -0.15) is 0 Å². The number of aliphatic hydroxyl groups is 1. The summed E-state index contributed by atoms with van der Waals surface area (Å²) in [5.74, 6) is 1.87. The zero-order chi connectivity index (χ0) is 19.3. The Bertz CT molecular complexity index is 787. The summed E-state index contributed by atoms with van der Waals surface area (Å²) >= 11 is 0. The number of carbonyl (C=O) groups excluding carboxylic acids is 1. The van der Waals surface area contributed by atoms with E-state index in [2.05, 4.69) is 20.5 Å². The fraction of sp³-hybridized carbons (Fsp3) is 0.550. The van der Waals surface area contributed by atoms with Crippen LogP contribution in [0.5, 0.6) is 0 Å². The second-order valence-electron chi connectivity index (χ2n) is 7.54. The van der Waals surface area contributed by atoms with Crippen molar-refractivity contribution in [1.29, 1.82) is 0 Å². The van der Waals surface area contributed by atoms with Gasteiger partial charge in [0.2, 0.25) is 5.95 Å². The maximum atomic E-state index is 12.3. The lowest BCUT2D eigenvalue weighted by Crippen LogP contribution is -2.39. The third kappa shape index (κ3) is 4.27. The molecule has 3 heterocycles. The lowest BCUT2D eigenvalue weighted by Gasteiger charge is -2.32. The molecule has 0 radical (unpaired) electrons. The minimum absolute atomic E-state index is 0.0745. The standard InChI is InChI=1S/C20H27N5O3/c26-13-14-6-8-25(9-7-14)19-21-12-16-17(23-19)4-1-5-18(16)24-20(27)22-11-15-3-2-10-28-15/h2-3,10,12,14,18,26H,1,4-9,11,13H2,(H2,22,24,27). The van der Waals surface area contributed by atoms with Crippen molar-refractivity contribution in [1.82, 2.24) is 20.6 Å². The molecule has 0 aromatic carbocycles. The first kappa shape index (κ1) is 18.7. The molecule has 8 heteroatoms. The van der Waals surface area contributed by atoms with Crippen LogP contribution in [0.25, 0.3) is 0 Å². The van der Waals surface area contributed by atoms with Gasteiger partial charge in [-0.05, 0) is 50.2 Å². The smallest absolute Gasteiger partial charge is 0.315 e. The fourth-order valence-corrected chi connectivity index (χ4v) is 3.94. The normalized spacial score (nSPS) is 19.9. The summed E-state index contributed by atoms with van der Waals surface area (Å²) in [6.45, 7) is 2.37. The first-order chi connectivity index (χ1) is 13.7. The highest BCUT2D eigenvalue weighted by atomic mass is 16.3. The molecule has 2 aliphatic rings. The van der Waals surface area contributed by atoms with Gasteiger partial charge in [-0.1, -0.05) is 0 Å². The van der Waals surface area contributed by atoms with Gasteiger partial charge in [0.15, 0.2) is 0 Å². The average molecular weight is 385 g/mol. The number of carbonyl (C=O) groups is 1. The van der Waals surface area contributed by atoms with Crippen molar-refractivity contribution in [2.24, 2.45) is 5.92 Å². The zero-order valence-electron chi connectivity index (χ0n) is 15.9. The molecule has 4 rings (SSSR count). The highest BCUT2D eigenvalue weighted by Crippen LogP contribution is 2.30. The lowest BCUT2D eigenvalue weighted by atomic mass is 9.92. The van der Waals surface area contributed by atoms with Gasteiger partial charge in [0.1, 0.15) is 5.76 Å². The number of aliphatic hydroxyl groups excluding tert-OH is 1. The molecule has 1 unspecified atom stereocenters. The minimum Gasteiger partial charge on any atom is -0.467 e. The van der Waals surface area contributed by atoms with E-state index in [-0.39, 0.29) is 18.7 Å². The van der Waals surface area contributed by atoms with Gasteiger partial charge in [-0.15, -0.1) is 0 Å². The van der Waals surface area contributed by atoms with Crippen LogP contribution in [0.3, 0.4) is 0 Å². The first-order valence-corrected chi connectivity index (χ1v) is 10.0. The van der Waals surface area contributed by atoms with E-state index in [4.69, 9.17) is 9.40 Å². The zero-order valence-corrected chi connectivity index (χ0v) is 15.9. The largest absolute Gasteiger partial charge is 0.467 e. The molecule has 0 saturated carbocycles. The van der Waals surface area contributed by atoms with E-state index < -0.39 is 0 Å². The summed E-state index contributed by atoms with van der Waals surface area (Å²) in [7, 11) is 0. The first-order valence-electron chi connectivity index (χ1n) is 10.0. The van der Waals surface area contributed by atoms with Crippen molar-refractivity contribution in [2.45, 2.75) is 44.7 Å². The minimum atomic E-state index is -0.218. The summed E-state index contributed by atoms with van der Waals surface area (Å²) in [6, 6.07) is 3.33. The molecule has 3 N–H and O–H groups in total. The molecule has 28 heavy (non-hydrogen) atoms. The maximum absolute atomic E-state index is 12.3. The van der Waals surface area contributed by atoms with Crippen LogP contribution in [0, 0.1) is 5.92 Å². The van der Waals surface area contributed by atoms with E-state index in [1.807, 2.05) is 12.3 Å². The molecule has 8 nitrogen and oxygen atoms in total. The lowest BCUT2D eigenvalue weighted by molar-refractivity contribution is 0.202. The summed E-state index contributed by atoms with van der Waals surface area (Å²) < 4.78 is 5.23. The highest BCUT2D eigenvalue weighted by molar-refractivity contribution is 5.74. The predicted octanol–water partition coefficient (Wildman–Crippen LogP) is 2.16. The van der Waals surface area contributed by atoms with Gasteiger partial charge < -0.3 is 25.1 Å². The van der Waals surface area contributed by atoms with Crippen molar-refractivity contribution in [3.8, 4) is 0 Å². The number of hydrogen-bond acceptors (Lipinski definition) is 6. The number of piperidine rings is 1. The monoisotopic (exact) mass is 385 g/mol. The van der Waals surface area contributed by atoms with E-state index in [9.17, 15) is 9.90 Å². The summed E-state index contributed by atoms with van der Waals surface area (Å²) in [4.78, 5) is 23.8. The summed E-state index contributed by atoms with van der Waals surface area (Å²) in [5.41, 5.74) is 2.03. The van der Waals surface area contributed by atoms with E-state index in [1.165, 1.54) is 0 Å². The molecule has 150 valence electrons. The van der Waals surface area contributed by atoms with Gasteiger partial charge >= 0.3 is 6.03 Å². The Labute approximate surface area is 164 Å². The number of amides is 2. The second-order valence-corrected chi connectivity index (χ2v) is 7.54. The Hall–Kier alpha value is -2.61. The number of aromatic nitrogens is 2. The molecule has 1 saturated heterocycles. The average Bonchev–Trinajstić information content (AvgIpc) is 3.26. The third-order valence-electron chi connectivity index (χ3n) is 5.63. The Kier molecular flexibility index (Phi) is 5.76. The Morgan fingerprint density at radius 3 is 2.93 bits per heavy atom. The molecule has 2 aromatic rings. The SMILES string of the molecule is O=C(NCc1ccco1)NC1CCCc2nc(N3CCC(CO)CC3)ncc21. The molecule has 1 fully saturated rings. The molecule has 0 spiro atoms. The quantitative estimate of drug-likeness (QED) is 0.729. The van der Waals surface area contributed by atoms with Crippen LogP contribution >= 0.6 is 0 Å². The molecule has 1 atom stereocenters. The van der Waals surface area contributed by atoms with E-state index in [1.54, 1.807) is 12.3 Å². The molecule has 2 amide bonds. The van der Waals surface area contributed by atoms with Crippen molar-refractivity contribution in [2.75, 3.05) is 24.6 Å². The predicted molar refractivity (Wildman–Crippen MR) is 104 cm³/mol. The Balaban J connectivity index is 1.38. The van der Waals surface area contributed by atoms with E-state index >= 15 is 0 Å². The topological polar surface area (TPSA) is 104 Å². The van der Waals surface area contributed by atoms with E-state index in [0.29, 0.717) is 12.5 Å². The Morgan fingerprint density at radius 1 is 1.32 bits per heavy atom. The molecule has 1 aliphatic carbocycles. The highest BCUT2D eigenvalue weighted by Gasteiger charge is 2.26. The molecule has 1 aliphatic heterocycles. The van der Waals surface area contributed by atoms with Crippen molar-refractivity contribution >= 4 is 12.0 Å². The molecular formula is C20H27N5O3. The van der Waals surface area contributed by atoms with Crippen LogP contribution in [0.4, 0.5) is 10.7 Å². The van der Waals surface area contributed by atoms with Crippen LogP contribution < -0.4 is 15.5 Å². The Morgan fingerprint density at radius 2 is 2.18 bits per heavy atom. The van der Waals surface area contributed by atoms with Gasteiger partial charge in [0.25, 0.3) is 0 Å². The van der Waals surface area contributed by atoms with Crippen LogP contribution in [-0.2, 0) is 13.0 Å². The molecular weight excluding hydrogens is 358 g/mol. The number of fused-ring (bicyclic) bond motifs is 1. The molecule has 2 aromatic heterocycles. The fourth-order valence-electron chi connectivity index (χ4n) is 3.94. The summed E-state index contributed by atoms with van der Waals surface area (Å²) in [5, 5.41) is 15.2. The van der Waals surface area contributed by atoms with Gasteiger partial charge in [0.05, 0.1) is 24.5 Å². The van der Waals surface area contributed by atoms with Gasteiger partial charge in [0, 0.05) is 31.5 Å².